The van der Waals surface area contributed by atoms with Crippen LogP contribution in [0.4, 0.5) is 0 Å². The van der Waals surface area contributed by atoms with Crippen molar-refractivity contribution in [2.24, 2.45) is 0 Å². The Morgan fingerprint density at radius 2 is 2.24 bits per heavy atom. The highest BCUT2D eigenvalue weighted by Gasteiger charge is 2.14. The molecule has 0 saturated heterocycles. The van der Waals surface area contributed by atoms with Crippen LogP contribution in [-0.4, -0.2) is 19.9 Å². The van der Waals surface area contributed by atoms with Gasteiger partial charge in [-0.15, -0.1) is 0 Å². The molecule has 1 N–H and O–H groups in total. The number of imidazole rings is 1. The van der Waals surface area contributed by atoms with Gasteiger partial charge >= 0.3 is 0 Å². The number of fused-ring (bicyclic) bond motifs is 3. The smallest absolute Gasteiger partial charge is 0.265 e. The number of aromatic nitrogens is 4. The number of pyridine rings is 1. The van der Waals surface area contributed by atoms with Crippen molar-refractivity contribution >= 4 is 22.3 Å². The van der Waals surface area contributed by atoms with Crippen LogP contribution in [0, 0.1) is 0 Å². The van der Waals surface area contributed by atoms with Gasteiger partial charge < -0.3 is 13.8 Å². The number of rotatable bonds is 1. The molecule has 4 aromatic heterocycles. The van der Waals surface area contributed by atoms with E-state index < -0.39 is 0 Å². The van der Waals surface area contributed by atoms with E-state index in [1.165, 1.54) is 0 Å². The number of nitrogens with one attached hydrogen (secondary N) is 1. The molecule has 0 spiro atoms. The quantitative estimate of drug-likeness (QED) is 0.538. The Labute approximate surface area is 94.3 Å². The molecule has 0 fully saturated rings. The predicted molar refractivity (Wildman–Crippen MR) is 59.2 cm³/mol. The van der Waals surface area contributed by atoms with E-state index in [1.807, 2.05) is 0 Å². The molecule has 4 aromatic rings. The van der Waals surface area contributed by atoms with E-state index >= 15 is 0 Å². The van der Waals surface area contributed by atoms with Gasteiger partial charge in [0, 0.05) is 0 Å². The SMILES string of the molecule is c1coc(-c2nc3c(ncc4nc[nH]c43)o2)c1. The second-order valence-electron chi connectivity index (χ2n) is 3.57. The number of hydrogen-bond acceptors (Lipinski definition) is 5. The van der Waals surface area contributed by atoms with E-state index in [9.17, 15) is 0 Å². The van der Waals surface area contributed by atoms with Gasteiger partial charge in [-0.25, -0.2) is 15.0 Å². The van der Waals surface area contributed by atoms with Crippen molar-refractivity contribution in [3.05, 3.63) is 30.9 Å². The fourth-order valence-electron chi connectivity index (χ4n) is 1.78. The summed E-state index contributed by atoms with van der Waals surface area (Å²) in [6, 6.07) is 3.57. The molecule has 0 saturated carbocycles. The Balaban J connectivity index is 2.09. The van der Waals surface area contributed by atoms with Gasteiger partial charge in [-0.1, -0.05) is 0 Å². The van der Waals surface area contributed by atoms with E-state index in [-0.39, 0.29) is 0 Å². The summed E-state index contributed by atoms with van der Waals surface area (Å²) in [7, 11) is 0. The van der Waals surface area contributed by atoms with Gasteiger partial charge in [-0.05, 0) is 12.1 Å². The Morgan fingerprint density at radius 1 is 1.24 bits per heavy atom. The summed E-state index contributed by atoms with van der Waals surface area (Å²) >= 11 is 0. The molecule has 17 heavy (non-hydrogen) atoms. The molecule has 0 aliphatic rings. The second-order valence-corrected chi connectivity index (χ2v) is 3.57. The number of oxazole rings is 1. The maximum atomic E-state index is 5.53. The van der Waals surface area contributed by atoms with Crippen LogP contribution in [0.1, 0.15) is 0 Å². The molecule has 82 valence electrons. The van der Waals surface area contributed by atoms with E-state index in [4.69, 9.17) is 8.83 Å². The van der Waals surface area contributed by atoms with Crippen molar-refractivity contribution < 1.29 is 8.83 Å². The van der Waals surface area contributed by atoms with E-state index in [0.717, 1.165) is 11.0 Å². The highest BCUT2D eigenvalue weighted by molar-refractivity contribution is 5.97. The monoisotopic (exact) mass is 226 g/mol. The Hall–Kier alpha value is -2.63. The molecule has 0 unspecified atom stereocenters. The van der Waals surface area contributed by atoms with Crippen molar-refractivity contribution in [2.75, 3.05) is 0 Å². The highest BCUT2D eigenvalue weighted by atomic mass is 16.4. The molecule has 0 atom stereocenters. The molecule has 0 aliphatic carbocycles. The lowest BCUT2D eigenvalue weighted by atomic mass is 10.4. The lowest BCUT2D eigenvalue weighted by Crippen LogP contribution is -1.77. The second kappa shape index (κ2) is 2.94. The summed E-state index contributed by atoms with van der Waals surface area (Å²) in [5, 5.41) is 0. The lowest BCUT2D eigenvalue weighted by Gasteiger charge is -1.86. The first kappa shape index (κ1) is 8.51. The zero-order valence-corrected chi connectivity index (χ0v) is 8.54. The molecule has 0 aliphatic heterocycles. The molecule has 0 aromatic carbocycles. The van der Waals surface area contributed by atoms with Gasteiger partial charge in [0.25, 0.3) is 5.89 Å². The third kappa shape index (κ3) is 1.12. The van der Waals surface area contributed by atoms with Crippen molar-refractivity contribution in [1.29, 1.82) is 0 Å². The summed E-state index contributed by atoms with van der Waals surface area (Å²) < 4.78 is 10.8. The van der Waals surface area contributed by atoms with Gasteiger partial charge in [-0.3, -0.25) is 0 Å². The summed E-state index contributed by atoms with van der Waals surface area (Å²) in [6.45, 7) is 0. The average Bonchev–Trinajstić information content (AvgIpc) is 3.08. The molecule has 4 rings (SSSR count). The number of hydrogen-bond donors (Lipinski definition) is 1. The number of furan rings is 1. The largest absolute Gasteiger partial charge is 0.459 e. The van der Waals surface area contributed by atoms with Crippen LogP contribution >= 0.6 is 0 Å². The third-order valence-corrected chi connectivity index (χ3v) is 2.55. The number of H-pyrrole nitrogens is 1. The fourth-order valence-corrected chi connectivity index (χ4v) is 1.78. The molecule has 0 bridgehead atoms. The van der Waals surface area contributed by atoms with Crippen molar-refractivity contribution in [1.82, 2.24) is 19.9 Å². The zero-order valence-electron chi connectivity index (χ0n) is 8.54. The Morgan fingerprint density at radius 3 is 3.12 bits per heavy atom. The Kier molecular flexibility index (Phi) is 1.47. The van der Waals surface area contributed by atoms with Gasteiger partial charge in [-0.2, -0.15) is 0 Å². The molecule has 6 heteroatoms. The van der Waals surface area contributed by atoms with Gasteiger partial charge in [0.2, 0.25) is 5.71 Å². The maximum Gasteiger partial charge on any atom is 0.265 e. The third-order valence-electron chi connectivity index (χ3n) is 2.55. The van der Waals surface area contributed by atoms with Crippen molar-refractivity contribution in [2.45, 2.75) is 0 Å². The van der Waals surface area contributed by atoms with Crippen molar-refractivity contribution in [3.8, 4) is 11.7 Å². The zero-order chi connectivity index (χ0) is 11.2. The van der Waals surface area contributed by atoms with Crippen LogP contribution in [-0.2, 0) is 0 Å². The predicted octanol–water partition coefficient (Wildman–Crippen LogP) is 2.36. The lowest BCUT2D eigenvalue weighted by molar-refractivity contribution is 0.531. The Bertz CT molecular complexity index is 797. The van der Waals surface area contributed by atoms with E-state index in [2.05, 4.69) is 19.9 Å². The molecule has 6 nitrogen and oxygen atoms in total. The van der Waals surface area contributed by atoms with Crippen LogP contribution in [0.2, 0.25) is 0 Å². The number of nitrogens with zero attached hydrogens (tertiary/aromatic N) is 3. The molecule has 0 amide bonds. The minimum absolute atomic E-state index is 0.416. The van der Waals surface area contributed by atoms with Gasteiger partial charge in [0.05, 0.1) is 24.3 Å². The van der Waals surface area contributed by atoms with Crippen LogP contribution in [0.5, 0.6) is 0 Å². The molecule has 0 radical (unpaired) electrons. The number of aromatic amines is 1. The summed E-state index contributed by atoms with van der Waals surface area (Å²) in [5.74, 6) is 0.996. The minimum Gasteiger partial charge on any atom is -0.459 e. The fraction of sp³-hybridized carbons (Fsp3) is 0. The standard InChI is InChI=1S/C11H6N4O2/c1-2-7(16-3-1)10-15-9-8-6(13-5-14-8)4-12-11(9)17-10/h1-5H,(H,13,14). The van der Waals surface area contributed by atoms with Crippen LogP contribution < -0.4 is 0 Å². The van der Waals surface area contributed by atoms with E-state index in [1.54, 1.807) is 30.9 Å². The summed E-state index contributed by atoms with van der Waals surface area (Å²) in [5.41, 5.74) is 2.70. The van der Waals surface area contributed by atoms with Crippen LogP contribution in [0.25, 0.3) is 33.9 Å². The molecular weight excluding hydrogens is 220 g/mol. The van der Waals surface area contributed by atoms with Crippen molar-refractivity contribution in [3.63, 3.8) is 0 Å². The molecule has 4 heterocycles. The average molecular weight is 226 g/mol. The minimum atomic E-state index is 0.416. The van der Waals surface area contributed by atoms with Gasteiger partial charge in [0.15, 0.2) is 11.3 Å². The van der Waals surface area contributed by atoms with Crippen LogP contribution in [0.15, 0.2) is 39.8 Å². The first-order chi connectivity index (χ1) is 8.42. The van der Waals surface area contributed by atoms with Crippen LogP contribution in [0.3, 0.4) is 0 Å². The first-order valence-corrected chi connectivity index (χ1v) is 5.04. The topological polar surface area (TPSA) is 80.7 Å². The summed E-state index contributed by atoms with van der Waals surface area (Å²) in [6.07, 6.45) is 4.82. The summed E-state index contributed by atoms with van der Waals surface area (Å²) in [4.78, 5) is 15.7. The maximum absolute atomic E-state index is 5.53. The van der Waals surface area contributed by atoms with E-state index in [0.29, 0.717) is 22.9 Å². The van der Waals surface area contributed by atoms with Gasteiger partial charge in [0.1, 0.15) is 5.52 Å². The molecular formula is C11H6N4O2. The highest BCUT2D eigenvalue weighted by Crippen LogP contribution is 2.26. The normalized spacial score (nSPS) is 11.5. The first-order valence-electron chi connectivity index (χ1n) is 5.04.